The van der Waals surface area contributed by atoms with E-state index in [0.29, 0.717) is 24.3 Å². The Hall–Kier alpha value is -1.46. The van der Waals surface area contributed by atoms with Crippen LogP contribution in [0.1, 0.15) is 44.3 Å². The summed E-state index contributed by atoms with van der Waals surface area (Å²) in [6.45, 7) is 1.86. The third-order valence-electron chi connectivity index (χ3n) is 2.96. The van der Waals surface area contributed by atoms with Crippen molar-refractivity contribution in [2.24, 2.45) is 0 Å². The van der Waals surface area contributed by atoms with E-state index < -0.39 is 0 Å². The highest BCUT2D eigenvalue weighted by atomic mass is 32.1. The number of rotatable bonds is 7. The SMILES string of the molecule is CC(OC(=O)CCCCC(=S)N(C)O)c1ccccc1. The number of carbonyl (C=O) groups is 1. The second-order valence-electron chi connectivity index (χ2n) is 4.67. The van der Waals surface area contributed by atoms with Gasteiger partial charge < -0.3 is 4.74 Å². The van der Waals surface area contributed by atoms with E-state index in [1.807, 2.05) is 37.3 Å². The summed E-state index contributed by atoms with van der Waals surface area (Å²) >= 11 is 4.95. The van der Waals surface area contributed by atoms with E-state index in [0.717, 1.165) is 17.0 Å². The van der Waals surface area contributed by atoms with E-state index in [-0.39, 0.29) is 12.1 Å². The first-order chi connectivity index (χ1) is 9.50. The van der Waals surface area contributed by atoms with Crippen molar-refractivity contribution in [3.63, 3.8) is 0 Å². The number of nitrogens with zero attached hydrogens (tertiary/aromatic N) is 1. The largest absolute Gasteiger partial charge is 0.458 e. The van der Waals surface area contributed by atoms with Crippen LogP contribution in [0.25, 0.3) is 0 Å². The van der Waals surface area contributed by atoms with E-state index >= 15 is 0 Å². The van der Waals surface area contributed by atoms with Crippen LogP contribution in [-0.4, -0.2) is 28.3 Å². The van der Waals surface area contributed by atoms with Crippen molar-refractivity contribution in [2.75, 3.05) is 7.05 Å². The Morgan fingerprint density at radius 1 is 1.30 bits per heavy atom. The molecule has 0 amide bonds. The molecule has 1 atom stereocenters. The molecule has 1 aromatic rings. The summed E-state index contributed by atoms with van der Waals surface area (Å²) in [5.74, 6) is -0.204. The molecule has 0 saturated heterocycles. The smallest absolute Gasteiger partial charge is 0.306 e. The number of benzene rings is 1. The van der Waals surface area contributed by atoms with Crippen LogP contribution in [0.15, 0.2) is 30.3 Å². The highest BCUT2D eigenvalue weighted by Crippen LogP contribution is 2.17. The second-order valence-corrected chi connectivity index (χ2v) is 5.14. The van der Waals surface area contributed by atoms with Gasteiger partial charge in [0.25, 0.3) is 0 Å². The third-order valence-corrected chi connectivity index (χ3v) is 3.43. The van der Waals surface area contributed by atoms with Crippen molar-refractivity contribution in [2.45, 2.75) is 38.7 Å². The first-order valence-corrected chi connectivity index (χ1v) is 7.11. The molecule has 0 bridgehead atoms. The summed E-state index contributed by atoms with van der Waals surface area (Å²) in [7, 11) is 1.50. The Kier molecular flexibility index (Phi) is 7.18. The molecule has 5 heteroatoms. The first-order valence-electron chi connectivity index (χ1n) is 6.70. The molecule has 0 aromatic heterocycles. The number of esters is 1. The van der Waals surface area contributed by atoms with Crippen LogP contribution in [0.3, 0.4) is 0 Å². The summed E-state index contributed by atoms with van der Waals surface area (Å²) < 4.78 is 5.36. The Bertz CT molecular complexity index is 434. The number of ether oxygens (including phenoxy) is 1. The van der Waals surface area contributed by atoms with Crippen molar-refractivity contribution in [3.05, 3.63) is 35.9 Å². The van der Waals surface area contributed by atoms with E-state index in [1.165, 1.54) is 7.05 Å². The minimum Gasteiger partial charge on any atom is -0.458 e. The van der Waals surface area contributed by atoms with Crippen LogP contribution >= 0.6 is 12.2 Å². The van der Waals surface area contributed by atoms with Crippen LogP contribution in [0, 0.1) is 0 Å². The summed E-state index contributed by atoms with van der Waals surface area (Å²) in [5, 5.41) is 10.0. The van der Waals surface area contributed by atoms with E-state index in [9.17, 15) is 4.79 Å². The monoisotopic (exact) mass is 295 g/mol. The van der Waals surface area contributed by atoms with Gasteiger partial charge in [-0.15, -0.1) is 0 Å². The normalized spacial score (nSPS) is 11.8. The number of hydroxylamine groups is 2. The molecule has 0 saturated carbocycles. The average molecular weight is 295 g/mol. The van der Waals surface area contributed by atoms with Crippen molar-refractivity contribution in [1.82, 2.24) is 5.06 Å². The van der Waals surface area contributed by atoms with Gasteiger partial charge in [0.15, 0.2) is 0 Å². The van der Waals surface area contributed by atoms with Crippen LogP contribution in [-0.2, 0) is 9.53 Å². The van der Waals surface area contributed by atoms with E-state index in [2.05, 4.69) is 0 Å². The molecule has 4 nitrogen and oxygen atoms in total. The summed E-state index contributed by atoms with van der Waals surface area (Å²) in [6, 6.07) is 9.65. The fourth-order valence-corrected chi connectivity index (χ4v) is 1.90. The zero-order chi connectivity index (χ0) is 15.0. The highest BCUT2D eigenvalue weighted by molar-refractivity contribution is 7.80. The highest BCUT2D eigenvalue weighted by Gasteiger charge is 2.11. The molecule has 20 heavy (non-hydrogen) atoms. The van der Waals surface area contributed by atoms with Gasteiger partial charge in [0.1, 0.15) is 11.1 Å². The molecule has 1 aromatic carbocycles. The second kappa shape index (κ2) is 8.66. The topological polar surface area (TPSA) is 49.8 Å². The Morgan fingerprint density at radius 3 is 2.50 bits per heavy atom. The lowest BCUT2D eigenvalue weighted by Gasteiger charge is -2.14. The number of carbonyl (C=O) groups excluding carboxylic acids is 1. The Labute approximate surface area is 125 Å². The van der Waals surface area contributed by atoms with Crippen LogP contribution in [0.5, 0.6) is 0 Å². The zero-order valence-corrected chi connectivity index (χ0v) is 12.7. The van der Waals surface area contributed by atoms with E-state index in [4.69, 9.17) is 22.2 Å². The van der Waals surface area contributed by atoms with Crippen molar-refractivity contribution < 1.29 is 14.7 Å². The van der Waals surface area contributed by atoms with Gasteiger partial charge in [-0.05, 0) is 25.3 Å². The summed E-state index contributed by atoms with van der Waals surface area (Å²) in [6.07, 6.45) is 2.21. The molecule has 1 unspecified atom stereocenters. The molecule has 110 valence electrons. The molecule has 1 N–H and O–H groups in total. The Balaban J connectivity index is 2.22. The maximum absolute atomic E-state index is 11.7. The lowest BCUT2D eigenvalue weighted by atomic mass is 10.1. The van der Waals surface area contributed by atoms with Gasteiger partial charge in [0, 0.05) is 19.9 Å². The standard InChI is InChI=1S/C15H21NO3S/c1-12(13-8-4-3-5-9-13)19-15(17)11-7-6-10-14(20)16(2)18/h3-5,8-9,12,18H,6-7,10-11H2,1-2H3. The molecule has 0 aliphatic rings. The van der Waals surface area contributed by atoms with Gasteiger partial charge in [0.2, 0.25) is 0 Å². The van der Waals surface area contributed by atoms with E-state index in [1.54, 1.807) is 0 Å². The van der Waals surface area contributed by atoms with Gasteiger partial charge >= 0.3 is 5.97 Å². The molecule has 0 heterocycles. The average Bonchev–Trinajstić information content (AvgIpc) is 2.44. The maximum Gasteiger partial charge on any atom is 0.306 e. The number of unbranched alkanes of at least 4 members (excludes halogenated alkanes) is 1. The van der Waals surface area contributed by atoms with Gasteiger partial charge in [-0.1, -0.05) is 42.5 Å². The molecule has 0 radical (unpaired) electrons. The van der Waals surface area contributed by atoms with Gasteiger partial charge in [-0.2, -0.15) is 0 Å². The van der Waals surface area contributed by atoms with Crippen molar-refractivity contribution in [3.8, 4) is 0 Å². The fraction of sp³-hybridized carbons (Fsp3) is 0.467. The predicted molar refractivity (Wildman–Crippen MR) is 81.6 cm³/mol. The van der Waals surface area contributed by atoms with Crippen molar-refractivity contribution >= 4 is 23.2 Å². The first kappa shape index (κ1) is 16.6. The molecule has 0 aliphatic heterocycles. The van der Waals surface area contributed by atoms with Crippen LogP contribution < -0.4 is 0 Å². The molecular weight excluding hydrogens is 274 g/mol. The van der Waals surface area contributed by atoms with Gasteiger partial charge in [-0.3, -0.25) is 15.1 Å². The number of hydrogen-bond acceptors (Lipinski definition) is 4. The minimum atomic E-state index is -0.228. The fourth-order valence-electron chi connectivity index (χ4n) is 1.76. The van der Waals surface area contributed by atoms with Gasteiger partial charge in [-0.25, -0.2) is 0 Å². The van der Waals surface area contributed by atoms with Crippen LogP contribution in [0.4, 0.5) is 0 Å². The predicted octanol–water partition coefficient (Wildman–Crippen LogP) is 3.50. The number of hydrogen-bond donors (Lipinski definition) is 1. The van der Waals surface area contributed by atoms with Crippen LogP contribution in [0.2, 0.25) is 0 Å². The lowest BCUT2D eigenvalue weighted by molar-refractivity contribution is -0.148. The number of thiocarbonyl (C=S) groups is 1. The lowest BCUT2D eigenvalue weighted by Crippen LogP contribution is -2.20. The quantitative estimate of drug-likeness (QED) is 0.361. The molecule has 0 aliphatic carbocycles. The molecule has 0 spiro atoms. The van der Waals surface area contributed by atoms with Gasteiger partial charge in [0.05, 0.1) is 0 Å². The Morgan fingerprint density at radius 2 is 1.90 bits per heavy atom. The van der Waals surface area contributed by atoms with Crippen molar-refractivity contribution in [1.29, 1.82) is 0 Å². The minimum absolute atomic E-state index is 0.204. The summed E-state index contributed by atoms with van der Waals surface area (Å²) in [5.41, 5.74) is 0.990. The zero-order valence-electron chi connectivity index (χ0n) is 11.9. The molecular formula is C15H21NO3S. The third kappa shape index (κ3) is 6.12. The summed E-state index contributed by atoms with van der Waals surface area (Å²) in [4.78, 5) is 12.2. The maximum atomic E-state index is 11.7. The molecule has 1 rings (SSSR count). The molecule has 0 fully saturated rings.